The van der Waals surface area contributed by atoms with Crippen LogP contribution in [0.25, 0.3) is 0 Å². The van der Waals surface area contributed by atoms with E-state index in [9.17, 15) is 14.8 Å². The summed E-state index contributed by atoms with van der Waals surface area (Å²) in [5.41, 5.74) is -0.231. The van der Waals surface area contributed by atoms with Gasteiger partial charge in [0.2, 0.25) is 0 Å². The van der Waals surface area contributed by atoms with Gasteiger partial charge in [0.25, 0.3) is 0 Å². The van der Waals surface area contributed by atoms with Gasteiger partial charge in [-0.2, -0.15) is 5.06 Å². The summed E-state index contributed by atoms with van der Waals surface area (Å²) in [6, 6.07) is 7.92. The first-order valence-corrected chi connectivity index (χ1v) is 10.8. The quantitative estimate of drug-likeness (QED) is 0.363. The Bertz CT molecular complexity index is 1030. The smallest absolute Gasteiger partial charge is 0.315 e. The second-order valence-corrected chi connectivity index (χ2v) is 9.05. The Morgan fingerprint density at radius 3 is 2.19 bits per heavy atom. The molecule has 0 aliphatic carbocycles. The van der Waals surface area contributed by atoms with E-state index in [1.807, 2.05) is 6.92 Å². The third-order valence-electron chi connectivity index (χ3n) is 5.12. The van der Waals surface area contributed by atoms with Crippen molar-refractivity contribution in [2.75, 3.05) is 16.8 Å². The third-order valence-corrected chi connectivity index (χ3v) is 6.60. The Hall–Kier alpha value is -1.90. The molecule has 0 bridgehead atoms. The number of urea groups is 2. The number of nitrogens with one attached hydrogen (secondary N) is 1. The van der Waals surface area contributed by atoms with E-state index in [0.29, 0.717) is 33.0 Å². The van der Waals surface area contributed by atoms with Crippen LogP contribution in [0.1, 0.15) is 20.8 Å². The molecule has 166 valence electrons. The number of anilines is 2. The topological polar surface area (TPSA) is 76.1 Å². The van der Waals surface area contributed by atoms with Crippen LogP contribution in [0.4, 0.5) is 21.0 Å². The van der Waals surface area contributed by atoms with Gasteiger partial charge in [-0.25, -0.2) is 9.59 Å². The molecule has 1 heterocycles. The summed E-state index contributed by atoms with van der Waals surface area (Å²) in [4.78, 5) is 28.9. The van der Waals surface area contributed by atoms with Crippen molar-refractivity contribution in [1.29, 1.82) is 0 Å². The fourth-order valence-corrected chi connectivity index (χ4v) is 4.23. The van der Waals surface area contributed by atoms with Gasteiger partial charge in [0.05, 0.1) is 25.6 Å². The summed E-state index contributed by atoms with van der Waals surface area (Å²) in [6.45, 7) is 5.69. The van der Waals surface area contributed by atoms with Crippen LogP contribution in [0, 0.1) is 0 Å². The minimum absolute atomic E-state index is 0.239. The van der Waals surface area contributed by atoms with E-state index in [2.05, 4.69) is 5.32 Å². The second-order valence-electron chi connectivity index (χ2n) is 7.43. The average Bonchev–Trinajstić information content (AvgIpc) is 2.90. The molecule has 7 nitrogen and oxygen atoms in total. The molecular formula is C20H20Cl4N4O3. The van der Waals surface area contributed by atoms with Crippen molar-refractivity contribution in [3.63, 3.8) is 0 Å². The van der Waals surface area contributed by atoms with Crippen LogP contribution in [0.5, 0.6) is 0 Å². The lowest BCUT2D eigenvalue weighted by molar-refractivity contribution is -0.0945. The number of hydroxylamine groups is 2. The zero-order valence-corrected chi connectivity index (χ0v) is 19.9. The lowest BCUT2D eigenvalue weighted by atomic mass is 10.00. The van der Waals surface area contributed by atoms with E-state index >= 15 is 0 Å². The molecule has 4 amide bonds. The van der Waals surface area contributed by atoms with Gasteiger partial charge in [0, 0.05) is 17.9 Å². The van der Waals surface area contributed by atoms with Crippen LogP contribution in [0.2, 0.25) is 20.1 Å². The van der Waals surface area contributed by atoms with Crippen LogP contribution >= 0.6 is 46.4 Å². The molecule has 1 aliphatic rings. The van der Waals surface area contributed by atoms with E-state index in [1.165, 1.54) is 23.1 Å². The molecule has 31 heavy (non-hydrogen) atoms. The Morgan fingerprint density at radius 1 is 1.06 bits per heavy atom. The average molecular weight is 506 g/mol. The van der Waals surface area contributed by atoms with Crippen molar-refractivity contribution in [3.05, 3.63) is 56.5 Å². The molecule has 3 rings (SSSR count). The molecule has 1 aliphatic heterocycles. The molecule has 0 radical (unpaired) electrons. The number of benzene rings is 2. The maximum atomic E-state index is 13.2. The first-order valence-electron chi connectivity index (χ1n) is 9.29. The largest absolute Gasteiger partial charge is 0.347 e. The first-order chi connectivity index (χ1) is 14.5. The van der Waals surface area contributed by atoms with E-state index in [4.69, 9.17) is 46.4 Å². The summed E-state index contributed by atoms with van der Waals surface area (Å²) in [5.74, 6) is 0. The molecule has 0 aromatic heterocycles. The highest BCUT2D eigenvalue weighted by molar-refractivity contribution is 6.42. The van der Waals surface area contributed by atoms with Gasteiger partial charge in [-0.1, -0.05) is 46.4 Å². The Morgan fingerprint density at radius 2 is 1.65 bits per heavy atom. The number of hydrogen-bond acceptors (Lipinski definition) is 3. The van der Waals surface area contributed by atoms with Gasteiger partial charge in [0.15, 0.2) is 6.17 Å². The number of hydrogen-bond donors (Lipinski definition) is 2. The molecule has 0 spiro atoms. The molecular weight excluding hydrogens is 486 g/mol. The number of halogens is 4. The number of carbonyl (C=O) groups is 2. The van der Waals surface area contributed by atoms with E-state index in [1.54, 1.807) is 36.9 Å². The van der Waals surface area contributed by atoms with E-state index in [0.717, 1.165) is 0 Å². The molecule has 1 saturated heterocycles. The maximum absolute atomic E-state index is 13.2. The van der Waals surface area contributed by atoms with Crippen LogP contribution < -0.4 is 10.2 Å². The zero-order chi connectivity index (χ0) is 23.1. The van der Waals surface area contributed by atoms with Gasteiger partial charge in [-0.05, 0) is 57.2 Å². The summed E-state index contributed by atoms with van der Waals surface area (Å²) < 4.78 is 0. The van der Waals surface area contributed by atoms with Crippen molar-refractivity contribution < 1.29 is 14.8 Å². The molecule has 2 aromatic rings. The number of nitrogens with zero attached hydrogens (tertiary/aromatic N) is 3. The minimum atomic E-state index is -1.07. The second kappa shape index (κ2) is 8.92. The van der Waals surface area contributed by atoms with Crippen molar-refractivity contribution >= 4 is 69.8 Å². The van der Waals surface area contributed by atoms with Gasteiger partial charge in [-0.3, -0.25) is 10.1 Å². The predicted octanol–water partition coefficient (Wildman–Crippen LogP) is 6.59. The third kappa shape index (κ3) is 4.38. The van der Waals surface area contributed by atoms with Crippen molar-refractivity contribution in [3.8, 4) is 0 Å². The Kier molecular flexibility index (Phi) is 6.84. The number of carbonyl (C=O) groups excluding carboxylic acids is 2. The highest BCUT2D eigenvalue weighted by Gasteiger charge is 2.55. The highest BCUT2D eigenvalue weighted by atomic mass is 35.5. The predicted molar refractivity (Wildman–Crippen MR) is 124 cm³/mol. The van der Waals surface area contributed by atoms with E-state index in [-0.39, 0.29) is 10.0 Å². The standard InChI is InChI=1S/C20H20Cl4N4O3/c1-4-26-19(30)27(12-6-8-14(22)16(24)10-12)17(20(26,2)3)28(31)18(29)25-11-5-7-13(21)15(23)9-11/h5-10,17,31H,4H2,1-3H3,(H,25,29). The van der Waals surface area contributed by atoms with Crippen LogP contribution in [0.3, 0.4) is 0 Å². The molecule has 2 aromatic carbocycles. The zero-order valence-electron chi connectivity index (χ0n) is 16.9. The van der Waals surface area contributed by atoms with Crippen molar-refractivity contribution in [1.82, 2.24) is 9.96 Å². The monoisotopic (exact) mass is 504 g/mol. The molecule has 11 heteroatoms. The summed E-state index contributed by atoms with van der Waals surface area (Å²) >= 11 is 24.1. The highest BCUT2D eigenvalue weighted by Crippen LogP contribution is 2.39. The lowest BCUT2D eigenvalue weighted by Crippen LogP contribution is -2.58. The maximum Gasteiger partial charge on any atom is 0.347 e. The van der Waals surface area contributed by atoms with Crippen LogP contribution in [-0.4, -0.2) is 45.5 Å². The van der Waals surface area contributed by atoms with Gasteiger partial charge >= 0.3 is 12.1 Å². The Balaban J connectivity index is 1.98. The number of amides is 4. The molecule has 0 saturated carbocycles. The SMILES string of the molecule is CCN1C(=O)N(c2ccc(Cl)c(Cl)c2)C(N(O)C(=O)Nc2ccc(Cl)c(Cl)c2)C1(C)C. The minimum Gasteiger partial charge on any atom is -0.315 e. The summed E-state index contributed by atoms with van der Waals surface area (Å²) in [6.07, 6.45) is -1.07. The van der Waals surface area contributed by atoms with Crippen molar-refractivity contribution in [2.24, 2.45) is 0 Å². The molecule has 1 unspecified atom stereocenters. The van der Waals surface area contributed by atoms with Crippen LogP contribution in [-0.2, 0) is 0 Å². The number of rotatable bonds is 4. The van der Waals surface area contributed by atoms with E-state index < -0.39 is 23.8 Å². The first kappa shape index (κ1) is 23.8. The van der Waals surface area contributed by atoms with Gasteiger partial charge in [-0.15, -0.1) is 0 Å². The normalized spacial score (nSPS) is 17.8. The fourth-order valence-electron chi connectivity index (χ4n) is 3.64. The Labute approximate surface area is 200 Å². The summed E-state index contributed by atoms with van der Waals surface area (Å²) in [7, 11) is 0. The number of likely N-dealkylation sites (N-methyl/N-ethyl adjacent to an activating group) is 1. The molecule has 2 N–H and O–H groups in total. The fraction of sp³-hybridized carbons (Fsp3) is 0.300. The van der Waals surface area contributed by atoms with Crippen molar-refractivity contribution in [2.45, 2.75) is 32.5 Å². The van der Waals surface area contributed by atoms with Gasteiger partial charge in [0.1, 0.15) is 0 Å². The summed E-state index contributed by atoms with van der Waals surface area (Å²) in [5, 5.41) is 15.1. The van der Waals surface area contributed by atoms with Crippen LogP contribution in [0.15, 0.2) is 36.4 Å². The lowest BCUT2D eigenvalue weighted by Gasteiger charge is -2.38. The van der Waals surface area contributed by atoms with Gasteiger partial charge < -0.3 is 10.2 Å². The molecule has 1 fully saturated rings. The molecule has 1 atom stereocenters.